The lowest BCUT2D eigenvalue weighted by Gasteiger charge is -2.17. The first-order valence-corrected chi connectivity index (χ1v) is 7.57. The molecule has 0 fully saturated rings. The summed E-state index contributed by atoms with van der Waals surface area (Å²) in [6.07, 6.45) is 0.930. The van der Waals surface area contributed by atoms with Gasteiger partial charge < -0.3 is 10.4 Å². The van der Waals surface area contributed by atoms with Crippen molar-refractivity contribution in [1.29, 1.82) is 0 Å². The molecule has 21 heavy (non-hydrogen) atoms. The Labute approximate surface area is 125 Å². The van der Waals surface area contributed by atoms with Crippen molar-refractivity contribution in [1.82, 2.24) is 5.32 Å². The van der Waals surface area contributed by atoms with Crippen molar-refractivity contribution < 1.29 is 5.11 Å². The van der Waals surface area contributed by atoms with Crippen LogP contribution in [0.1, 0.15) is 18.9 Å². The van der Waals surface area contributed by atoms with Gasteiger partial charge in [-0.3, -0.25) is 0 Å². The number of nitrogens with one attached hydrogen (secondary N) is 1. The zero-order chi connectivity index (χ0) is 14.7. The van der Waals surface area contributed by atoms with Gasteiger partial charge in [0.25, 0.3) is 0 Å². The first-order chi connectivity index (χ1) is 10.3. The second-order valence-corrected chi connectivity index (χ2v) is 5.47. The normalized spacial score (nSPS) is 12.9. The Bertz CT molecular complexity index is 693. The highest BCUT2D eigenvalue weighted by molar-refractivity contribution is 6.02. The van der Waals surface area contributed by atoms with E-state index in [1.54, 1.807) is 0 Å². The minimum absolute atomic E-state index is 0.155. The van der Waals surface area contributed by atoms with Crippen molar-refractivity contribution >= 4 is 21.5 Å². The van der Waals surface area contributed by atoms with Gasteiger partial charge in [-0.25, -0.2) is 0 Å². The molecular formula is C19H21NO. The summed E-state index contributed by atoms with van der Waals surface area (Å²) in [6, 6.07) is 19.4. The van der Waals surface area contributed by atoms with E-state index in [0.717, 1.165) is 13.0 Å². The highest BCUT2D eigenvalue weighted by Crippen LogP contribution is 2.28. The summed E-state index contributed by atoms with van der Waals surface area (Å²) in [4.78, 5) is 0. The van der Waals surface area contributed by atoms with Crippen molar-refractivity contribution in [3.8, 4) is 0 Å². The molecule has 0 saturated heterocycles. The lowest BCUT2D eigenvalue weighted by atomic mass is 9.96. The van der Waals surface area contributed by atoms with Crippen LogP contribution < -0.4 is 5.32 Å². The summed E-state index contributed by atoms with van der Waals surface area (Å²) in [5, 5.41) is 18.0. The van der Waals surface area contributed by atoms with Crippen LogP contribution in [0.25, 0.3) is 21.5 Å². The quantitative estimate of drug-likeness (QED) is 0.695. The molecule has 0 aliphatic carbocycles. The number of benzene rings is 3. The summed E-state index contributed by atoms with van der Waals surface area (Å²) in [5.41, 5.74) is 1.32. The van der Waals surface area contributed by atoms with Crippen LogP contribution in [0.3, 0.4) is 0 Å². The van der Waals surface area contributed by atoms with E-state index in [1.807, 2.05) is 0 Å². The number of aliphatic hydroxyl groups is 1. The Morgan fingerprint density at radius 1 is 0.952 bits per heavy atom. The van der Waals surface area contributed by atoms with E-state index in [-0.39, 0.29) is 12.6 Å². The molecule has 108 valence electrons. The van der Waals surface area contributed by atoms with Crippen molar-refractivity contribution in [3.05, 3.63) is 60.2 Å². The number of hydrogen-bond donors (Lipinski definition) is 2. The SMILES string of the molecule is CC[C@H](CO)NCc1c2ccccc2cc2ccccc12. The smallest absolute Gasteiger partial charge is 0.0584 e. The van der Waals surface area contributed by atoms with Crippen LogP contribution in [0.4, 0.5) is 0 Å². The molecule has 2 N–H and O–H groups in total. The van der Waals surface area contributed by atoms with E-state index in [2.05, 4.69) is 66.8 Å². The Morgan fingerprint density at radius 2 is 1.52 bits per heavy atom. The van der Waals surface area contributed by atoms with Crippen LogP contribution in [-0.2, 0) is 6.54 Å². The van der Waals surface area contributed by atoms with Gasteiger partial charge in [0.1, 0.15) is 0 Å². The van der Waals surface area contributed by atoms with E-state index in [9.17, 15) is 5.11 Å². The van der Waals surface area contributed by atoms with Gasteiger partial charge in [0.05, 0.1) is 6.61 Å². The molecular weight excluding hydrogens is 258 g/mol. The van der Waals surface area contributed by atoms with Gasteiger partial charge in [0, 0.05) is 12.6 Å². The number of aliphatic hydroxyl groups excluding tert-OH is 1. The van der Waals surface area contributed by atoms with Gasteiger partial charge >= 0.3 is 0 Å². The maximum absolute atomic E-state index is 9.37. The molecule has 0 amide bonds. The minimum atomic E-state index is 0.155. The Morgan fingerprint density at radius 3 is 2.05 bits per heavy atom. The lowest BCUT2D eigenvalue weighted by Crippen LogP contribution is -2.31. The molecule has 3 aromatic carbocycles. The molecule has 0 aliphatic rings. The van der Waals surface area contributed by atoms with Crippen LogP contribution in [0.2, 0.25) is 0 Å². The molecule has 0 unspecified atom stereocenters. The monoisotopic (exact) mass is 279 g/mol. The summed E-state index contributed by atoms with van der Waals surface area (Å²) < 4.78 is 0. The van der Waals surface area contributed by atoms with E-state index in [4.69, 9.17) is 0 Å². The summed E-state index contributed by atoms with van der Waals surface area (Å²) >= 11 is 0. The molecule has 2 heteroatoms. The van der Waals surface area contributed by atoms with Crippen LogP contribution in [-0.4, -0.2) is 17.8 Å². The average Bonchev–Trinajstić information content (AvgIpc) is 2.54. The Kier molecular flexibility index (Phi) is 4.18. The molecule has 0 spiro atoms. The second-order valence-electron chi connectivity index (χ2n) is 5.47. The van der Waals surface area contributed by atoms with Crippen LogP contribution >= 0.6 is 0 Å². The minimum Gasteiger partial charge on any atom is -0.395 e. The maximum Gasteiger partial charge on any atom is 0.0584 e. The summed E-state index contributed by atoms with van der Waals surface area (Å²) in [6.45, 7) is 3.05. The van der Waals surface area contributed by atoms with Crippen molar-refractivity contribution in [2.75, 3.05) is 6.61 Å². The predicted molar refractivity (Wildman–Crippen MR) is 89.5 cm³/mol. The molecule has 0 bridgehead atoms. The summed E-state index contributed by atoms with van der Waals surface area (Å²) in [7, 11) is 0. The van der Waals surface area contributed by atoms with Gasteiger partial charge in [-0.15, -0.1) is 0 Å². The third kappa shape index (κ3) is 2.78. The fourth-order valence-corrected chi connectivity index (χ4v) is 2.88. The van der Waals surface area contributed by atoms with E-state index >= 15 is 0 Å². The van der Waals surface area contributed by atoms with Crippen molar-refractivity contribution in [2.45, 2.75) is 25.9 Å². The average molecular weight is 279 g/mol. The van der Waals surface area contributed by atoms with Crippen LogP contribution in [0.5, 0.6) is 0 Å². The van der Waals surface area contributed by atoms with E-state index in [1.165, 1.54) is 27.1 Å². The molecule has 1 atom stereocenters. The first kappa shape index (κ1) is 14.1. The molecule has 0 heterocycles. The number of fused-ring (bicyclic) bond motifs is 2. The van der Waals surface area contributed by atoms with Gasteiger partial charge in [-0.2, -0.15) is 0 Å². The molecule has 2 nitrogen and oxygen atoms in total. The Hall–Kier alpha value is -1.90. The predicted octanol–water partition coefficient (Wildman–Crippen LogP) is 3.85. The van der Waals surface area contributed by atoms with Crippen molar-refractivity contribution in [2.24, 2.45) is 0 Å². The maximum atomic E-state index is 9.37. The van der Waals surface area contributed by atoms with Crippen LogP contribution in [0.15, 0.2) is 54.6 Å². The van der Waals surface area contributed by atoms with Gasteiger partial charge in [0.15, 0.2) is 0 Å². The van der Waals surface area contributed by atoms with E-state index < -0.39 is 0 Å². The fourth-order valence-electron chi connectivity index (χ4n) is 2.88. The van der Waals surface area contributed by atoms with Gasteiger partial charge in [-0.05, 0) is 39.6 Å². The number of hydrogen-bond acceptors (Lipinski definition) is 2. The molecule has 0 aromatic heterocycles. The Balaban J connectivity index is 2.11. The standard InChI is InChI=1S/C19H21NO/c1-2-16(13-21)20-12-19-17-9-5-3-7-14(17)11-15-8-4-6-10-18(15)19/h3-11,16,20-21H,2,12-13H2,1H3/t16-/m1/s1. The molecule has 0 saturated carbocycles. The topological polar surface area (TPSA) is 32.3 Å². The highest BCUT2D eigenvalue weighted by atomic mass is 16.3. The second kappa shape index (κ2) is 6.25. The molecule has 3 aromatic rings. The summed E-state index contributed by atoms with van der Waals surface area (Å²) in [5.74, 6) is 0. The number of rotatable bonds is 5. The van der Waals surface area contributed by atoms with Gasteiger partial charge in [0.2, 0.25) is 0 Å². The highest BCUT2D eigenvalue weighted by Gasteiger charge is 2.09. The third-order valence-electron chi connectivity index (χ3n) is 4.16. The third-order valence-corrected chi connectivity index (χ3v) is 4.16. The zero-order valence-electron chi connectivity index (χ0n) is 12.3. The van der Waals surface area contributed by atoms with Gasteiger partial charge in [-0.1, -0.05) is 55.5 Å². The molecule has 0 radical (unpaired) electrons. The largest absolute Gasteiger partial charge is 0.395 e. The lowest BCUT2D eigenvalue weighted by molar-refractivity contribution is 0.238. The fraction of sp³-hybridized carbons (Fsp3) is 0.263. The molecule has 3 rings (SSSR count). The van der Waals surface area contributed by atoms with E-state index in [0.29, 0.717) is 0 Å². The zero-order valence-corrected chi connectivity index (χ0v) is 12.3. The molecule has 0 aliphatic heterocycles. The first-order valence-electron chi connectivity index (χ1n) is 7.57. The van der Waals surface area contributed by atoms with Crippen LogP contribution in [0, 0.1) is 0 Å². The van der Waals surface area contributed by atoms with Crippen molar-refractivity contribution in [3.63, 3.8) is 0 Å².